The van der Waals surface area contributed by atoms with Gasteiger partial charge in [-0.2, -0.15) is 0 Å². The summed E-state index contributed by atoms with van der Waals surface area (Å²) < 4.78 is 36.6. The minimum absolute atomic E-state index is 0.0319. The van der Waals surface area contributed by atoms with E-state index in [-0.39, 0.29) is 10.7 Å². The number of benzene rings is 2. The zero-order valence-corrected chi connectivity index (χ0v) is 14.6. The van der Waals surface area contributed by atoms with Crippen LogP contribution in [0.1, 0.15) is 5.56 Å². The average molecular weight is 438 g/mol. The van der Waals surface area contributed by atoms with Gasteiger partial charge in [-0.15, -0.1) is 0 Å². The fraction of sp³-hybridized carbons (Fsp3) is 0.0769. The largest absolute Gasteiger partial charge is 0.380 e. The Balaban J connectivity index is 2.15. The van der Waals surface area contributed by atoms with Crippen LogP contribution in [0.5, 0.6) is 0 Å². The Morgan fingerprint density at radius 2 is 1.81 bits per heavy atom. The van der Waals surface area contributed by atoms with E-state index in [1.54, 1.807) is 18.2 Å². The molecule has 0 unspecified atom stereocenters. The van der Waals surface area contributed by atoms with Crippen molar-refractivity contribution in [2.24, 2.45) is 5.14 Å². The van der Waals surface area contributed by atoms with E-state index in [2.05, 4.69) is 37.2 Å². The van der Waals surface area contributed by atoms with Gasteiger partial charge in [0.2, 0.25) is 10.0 Å². The number of hydrogen-bond donors (Lipinski definition) is 2. The van der Waals surface area contributed by atoms with Gasteiger partial charge in [0.05, 0.1) is 9.37 Å². The summed E-state index contributed by atoms with van der Waals surface area (Å²) in [5.74, 6) is -0.322. The molecule has 0 aliphatic carbocycles. The Bertz CT molecular complexity index is 782. The van der Waals surface area contributed by atoms with Gasteiger partial charge in [-0.1, -0.05) is 6.07 Å². The molecule has 2 aromatic rings. The van der Waals surface area contributed by atoms with E-state index in [4.69, 9.17) is 5.14 Å². The highest BCUT2D eigenvalue weighted by Gasteiger charge is 2.10. The summed E-state index contributed by atoms with van der Waals surface area (Å²) in [6, 6.07) is 9.18. The van der Waals surface area contributed by atoms with Crippen molar-refractivity contribution >= 4 is 47.6 Å². The highest BCUT2D eigenvalue weighted by molar-refractivity contribution is 9.10. The molecule has 0 amide bonds. The van der Waals surface area contributed by atoms with E-state index >= 15 is 0 Å². The van der Waals surface area contributed by atoms with Crippen molar-refractivity contribution in [3.63, 3.8) is 0 Å². The Kier molecular flexibility index (Phi) is 5.03. The van der Waals surface area contributed by atoms with Crippen LogP contribution in [-0.2, 0) is 16.6 Å². The predicted octanol–water partition coefficient (Wildman–Crippen LogP) is 3.61. The monoisotopic (exact) mass is 436 g/mol. The van der Waals surface area contributed by atoms with Crippen molar-refractivity contribution < 1.29 is 12.8 Å². The number of nitrogens with two attached hydrogens (primary N) is 1. The molecule has 0 atom stereocenters. The smallest absolute Gasteiger partial charge is 0.238 e. The zero-order chi connectivity index (χ0) is 15.6. The molecule has 0 aliphatic heterocycles. The Morgan fingerprint density at radius 3 is 2.38 bits per heavy atom. The number of rotatable bonds is 4. The highest BCUT2D eigenvalue weighted by atomic mass is 79.9. The number of nitrogens with one attached hydrogen (secondary N) is 1. The lowest BCUT2D eigenvalue weighted by molar-refractivity contribution is 0.597. The second-order valence-electron chi connectivity index (χ2n) is 4.29. The molecule has 0 fully saturated rings. The maximum Gasteiger partial charge on any atom is 0.238 e. The van der Waals surface area contributed by atoms with Crippen LogP contribution >= 0.6 is 31.9 Å². The van der Waals surface area contributed by atoms with Crippen LogP contribution in [0, 0.1) is 5.82 Å². The summed E-state index contributed by atoms with van der Waals surface area (Å²) in [6.07, 6.45) is 0. The topological polar surface area (TPSA) is 72.2 Å². The first-order valence-corrected chi connectivity index (χ1v) is 8.91. The molecule has 21 heavy (non-hydrogen) atoms. The molecule has 0 aromatic heterocycles. The third-order valence-corrected chi connectivity index (χ3v) is 4.91. The van der Waals surface area contributed by atoms with Crippen LogP contribution in [0.3, 0.4) is 0 Å². The van der Waals surface area contributed by atoms with Crippen molar-refractivity contribution in [2.45, 2.75) is 11.4 Å². The van der Waals surface area contributed by atoms with Crippen molar-refractivity contribution in [1.29, 1.82) is 0 Å². The van der Waals surface area contributed by atoms with E-state index < -0.39 is 10.0 Å². The van der Waals surface area contributed by atoms with E-state index in [0.29, 0.717) is 21.2 Å². The summed E-state index contributed by atoms with van der Waals surface area (Å²) in [7, 11) is -3.73. The third-order valence-electron chi connectivity index (χ3n) is 2.74. The first kappa shape index (κ1) is 16.4. The normalized spacial score (nSPS) is 11.4. The van der Waals surface area contributed by atoms with Gasteiger partial charge in [0.15, 0.2) is 0 Å². The summed E-state index contributed by atoms with van der Waals surface area (Å²) >= 11 is 6.41. The van der Waals surface area contributed by atoms with Crippen LogP contribution in [0.25, 0.3) is 0 Å². The fourth-order valence-corrected chi connectivity index (χ4v) is 3.30. The number of primary sulfonamides is 1. The van der Waals surface area contributed by atoms with Crippen LogP contribution < -0.4 is 10.5 Å². The molecule has 8 heteroatoms. The Morgan fingerprint density at radius 1 is 1.10 bits per heavy atom. The molecule has 112 valence electrons. The van der Waals surface area contributed by atoms with E-state index in [1.165, 1.54) is 18.2 Å². The highest BCUT2D eigenvalue weighted by Crippen LogP contribution is 2.26. The molecule has 0 aliphatic rings. The van der Waals surface area contributed by atoms with Gasteiger partial charge >= 0.3 is 0 Å². The van der Waals surface area contributed by atoms with E-state index in [9.17, 15) is 12.8 Å². The molecule has 0 saturated carbocycles. The van der Waals surface area contributed by atoms with Crippen LogP contribution in [-0.4, -0.2) is 8.42 Å². The van der Waals surface area contributed by atoms with E-state index in [0.717, 1.165) is 5.56 Å². The quantitative estimate of drug-likeness (QED) is 0.767. The zero-order valence-electron chi connectivity index (χ0n) is 10.6. The fourth-order valence-electron chi connectivity index (χ4n) is 1.66. The molecule has 0 radical (unpaired) electrons. The molecule has 3 N–H and O–H groups in total. The lowest BCUT2D eigenvalue weighted by Crippen LogP contribution is -2.12. The molecule has 0 saturated heterocycles. The van der Waals surface area contributed by atoms with Gasteiger partial charge in [0, 0.05) is 16.7 Å². The summed E-state index contributed by atoms with van der Waals surface area (Å²) in [4.78, 5) is 0.0319. The molecular weight excluding hydrogens is 427 g/mol. The maximum atomic E-state index is 13.1. The van der Waals surface area contributed by atoms with Gasteiger partial charge in [-0.05, 0) is 67.8 Å². The summed E-state index contributed by atoms with van der Waals surface area (Å²) in [6.45, 7) is 0.464. The van der Waals surface area contributed by atoms with Crippen LogP contribution in [0.15, 0.2) is 50.2 Å². The predicted molar refractivity (Wildman–Crippen MR) is 86.9 cm³/mol. The number of anilines is 1. The minimum atomic E-state index is -3.73. The number of halogens is 3. The van der Waals surface area contributed by atoms with E-state index in [1.807, 2.05) is 0 Å². The Labute approximate surface area is 138 Å². The van der Waals surface area contributed by atoms with Gasteiger partial charge in [0.25, 0.3) is 0 Å². The first-order valence-electron chi connectivity index (χ1n) is 5.77. The minimum Gasteiger partial charge on any atom is -0.380 e. The van der Waals surface area contributed by atoms with Gasteiger partial charge in [-0.3, -0.25) is 0 Å². The molecular formula is C13H11Br2FN2O2S. The van der Waals surface area contributed by atoms with Crippen LogP contribution in [0.4, 0.5) is 10.1 Å². The van der Waals surface area contributed by atoms with Gasteiger partial charge in [-0.25, -0.2) is 17.9 Å². The second-order valence-corrected chi connectivity index (χ2v) is 7.56. The van der Waals surface area contributed by atoms with Gasteiger partial charge in [0.1, 0.15) is 5.82 Å². The molecule has 0 heterocycles. The standard InChI is InChI=1S/C13H11Br2FN2O2S/c14-10-5-8(1-3-12(10)16)7-18-13-4-2-9(6-11(13)15)21(17,19)20/h1-6,18H,7H2,(H2,17,19,20). The molecule has 2 aromatic carbocycles. The molecule has 0 spiro atoms. The SMILES string of the molecule is NS(=O)(=O)c1ccc(NCc2ccc(F)c(Br)c2)c(Br)c1. The molecule has 4 nitrogen and oxygen atoms in total. The van der Waals surface area contributed by atoms with Crippen molar-refractivity contribution in [1.82, 2.24) is 0 Å². The van der Waals surface area contributed by atoms with Crippen molar-refractivity contribution in [3.05, 3.63) is 56.7 Å². The average Bonchev–Trinajstić information content (AvgIpc) is 2.40. The van der Waals surface area contributed by atoms with Gasteiger partial charge < -0.3 is 5.32 Å². The van der Waals surface area contributed by atoms with Crippen molar-refractivity contribution in [3.8, 4) is 0 Å². The lowest BCUT2D eigenvalue weighted by atomic mass is 10.2. The maximum absolute atomic E-state index is 13.1. The number of sulfonamides is 1. The van der Waals surface area contributed by atoms with Crippen molar-refractivity contribution in [2.75, 3.05) is 5.32 Å². The summed E-state index contributed by atoms with van der Waals surface area (Å²) in [5, 5.41) is 8.19. The number of hydrogen-bond acceptors (Lipinski definition) is 3. The molecule has 0 bridgehead atoms. The van der Waals surface area contributed by atoms with Crippen LogP contribution in [0.2, 0.25) is 0 Å². The molecule has 2 rings (SSSR count). The first-order chi connectivity index (χ1) is 9.77. The summed E-state index contributed by atoms with van der Waals surface area (Å²) in [5.41, 5.74) is 1.59. The third kappa shape index (κ3) is 4.26. The Hall–Kier alpha value is -0.960. The second kappa shape index (κ2) is 6.43. The lowest BCUT2D eigenvalue weighted by Gasteiger charge is -2.10.